The van der Waals surface area contributed by atoms with Crippen LogP contribution in [0.5, 0.6) is 0 Å². The molecular weight excluding hydrogens is 389 g/mol. The van der Waals surface area contributed by atoms with Crippen LogP contribution in [0, 0.1) is 0 Å². The van der Waals surface area contributed by atoms with E-state index in [1.54, 1.807) is 6.08 Å². The summed E-state index contributed by atoms with van der Waals surface area (Å²) >= 11 is 14.0. The Morgan fingerprint density at radius 2 is 1.96 bits per heavy atom. The predicted octanol–water partition coefficient (Wildman–Crippen LogP) is 4.97. The highest BCUT2D eigenvalue weighted by Crippen LogP contribution is 2.33. The zero-order chi connectivity index (χ0) is 17.3. The first-order chi connectivity index (χ1) is 11.5. The fraction of sp³-hybridized carbons (Fsp3) is 0.0625. The second-order valence-electron chi connectivity index (χ2n) is 4.84. The third-order valence-corrected chi connectivity index (χ3v) is 5.70. The number of ketones is 1. The van der Waals surface area contributed by atoms with Gasteiger partial charge in [-0.1, -0.05) is 29.3 Å². The summed E-state index contributed by atoms with van der Waals surface area (Å²) in [7, 11) is 0. The quantitative estimate of drug-likeness (QED) is 0.539. The Morgan fingerprint density at radius 3 is 2.62 bits per heavy atom. The summed E-state index contributed by atoms with van der Waals surface area (Å²) in [5.74, 6) is -0.847. The molecule has 1 aliphatic rings. The van der Waals surface area contributed by atoms with Crippen LogP contribution in [0.4, 0.5) is 4.79 Å². The normalized spacial score (nSPS) is 16.2. The maximum atomic E-state index is 12.4. The van der Waals surface area contributed by atoms with Gasteiger partial charge in [0.2, 0.25) is 0 Å². The largest absolute Gasteiger partial charge is 0.293 e. The Hall–Kier alpha value is -1.60. The average Bonchev–Trinajstić information content (AvgIpc) is 3.14. The number of hydrogen-bond donors (Lipinski definition) is 0. The van der Waals surface area contributed by atoms with Crippen LogP contribution in [0.2, 0.25) is 10.0 Å². The molecule has 8 heteroatoms. The van der Waals surface area contributed by atoms with Gasteiger partial charge in [0, 0.05) is 10.4 Å². The summed E-state index contributed by atoms with van der Waals surface area (Å²) in [6.07, 6.45) is 1.65. The molecule has 2 amide bonds. The van der Waals surface area contributed by atoms with Crippen LogP contribution in [-0.2, 0) is 4.79 Å². The van der Waals surface area contributed by atoms with Gasteiger partial charge < -0.3 is 0 Å². The van der Waals surface area contributed by atoms with Crippen molar-refractivity contribution >= 4 is 69.3 Å². The number of nitrogens with zero attached hydrogens (tertiary/aromatic N) is 1. The molecule has 0 atom stereocenters. The number of Topliss-reactive ketones (excluding diaryl/α,β-unsaturated/α-hetero) is 1. The van der Waals surface area contributed by atoms with Crippen LogP contribution >= 0.6 is 46.3 Å². The Kier molecular flexibility index (Phi) is 5.10. The number of rotatable bonds is 4. The van der Waals surface area contributed by atoms with E-state index >= 15 is 0 Å². The number of thioether (sulfide) groups is 1. The fourth-order valence-electron chi connectivity index (χ4n) is 2.04. The van der Waals surface area contributed by atoms with Gasteiger partial charge in [-0.15, -0.1) is 11.3 Å². The molecule has 0 radical (unpaired) electrons. The first kappa shape index (κ1) is 17.2. The topological polar surface area (TPSA) is 54.5 Å². The van der Waals surface area contributed by atoms with Crippen LogP contribution < -0.4 is 0 Å². The van der Waals surface area contributed by atoms with Crippen molar-refractivity contribution in [1.82, 2.24) is 4.90 Å². The number of imide groups is 1. The Morgan fingerprint density at radius 1 is 1.17 bits per heavy atom. The SMILES string of the molecule is O=C(CN1C(=O)S/C(=C\c2cccs2)C1=O)c1ccc(Cl)c(Cl)c1. The minimum atomic E-state index is -0.466. The van der Waals surface area contributed by atoms with Crippen molar-refractivity contribution in [2.75, 3.05) is 6.54 Å². The van der Waals surface area contributed by atoms with Gasteiger partial charge in [0.05, 0.1) is 21.5 Å². The van der Waals surface area contributed by atoms with Crippen LogP contribution in [0.1, 0.15) is 15.2 Å². The molecule has 1 aliphatic heterocycles. The summed E-state index contributed by atoms with van der Waals surface area (Å²) in [4.78, 5) is 38.8. The standard InChI is InChI=1S/C16H9Cl2NO3S2/c17-11-4-3-9(6-12(11)18)13(20)8-19-15(21)14(24-16(19)22)7-10-2-1-5-23-10/h1-7H,8H2/b14-7-. The number of carbonyl (C=O) groups is 3. The molecule has 2 heterocycles. The van der Waals surface area contributed by atoms with E-state index in [1.165, 1.54) is 29.5 Å². The van der Waals surface area contributed by atoms with Crippen molar-refractivity contribution in [2.45, 2.75) is 0 Å². The minimum absolute atomic E-state index is 0.245. The van der Waals surface area contributed by atoms with Gasteiger partial charge in [0.15, 0.2) is 5.78 Å². The molecule has 1 saturated heterocycles. The number of amides is 2. The van der Waals surface area contributed by atoms with Crippen molar-refractivity contribution in [3.05, 3.63) is 61.1 Å². The lowest BCUT2D eigenvalue weighted by Crippen LogP contribution is -2.33. The van der Waals surface area contributed by atoms with E-state index in [0.29, 0.717) is 15.5 Å². The van der Waals surface area contributed by atoms with E-state index in [1.807, 2.05) is 17.5 Å². The van der Waals surface area contributed by atoms with Crippen molar-refractivity contribution in [2.24, 2.45) is 0 Å². The van der Waals surface area contributed by atoms with Crippen LogP contribution in [-0.4, -0.2) is 28.4 Å². The van der Waals surface area contributed by atoms with Crippen molar-refractivity contribution in [3.8, 4) is 0 Å². The Balaban J connectivity index is 1.77. The highest BCUT2D eigenvalue weighted by Gasteiger charge is 2.36. The van der Waals surface area contributed by atoms with Gasteiger partial charge in [-0.3, -0.25) is 19.3 Å². The number of thiophene rings is 1. The van der Waals surface area contributed by atoms with Gasteiger partial charge >= 0.3 is 0 Å². The van der Waals surface area contributed by atoms with Gasteiger partial charge in [-0.05, 0) is 47.5 Å². The smallest absolute Gasteiger partial charge is 0.292 e. The summed E-state index contributed by atoms with van der Waals surface area (Å²) in [5, 5.41) is 1.99. The number of halogens is 2. The first-order valence-electron chi connectivity index (χ1n) is 6.73. The molecule has 0 unspecified atom stereocenters. The molecule has 1 fully saturated rings. The summed E-state index contributed by atoms with van der Waals surface area (Å²) in [6, 6.07) is 8.14. The zero-order valence-corrected chi connectivity index (χ0v) is 15.1. The van der Waals surface area contributed by atoms with E-state index in [-0.39, 0.29) is 17.4 Å². The Labute approximate surface area is 156 Å². The van der Waals surface area contributed by atoms with Crippen LogP contribution in [0.15, 0.2) is 40.6 Å². The molecule has 0 bridgehead atoms. The molecule has 3 rings (SSSR count). The summed E-state index contributed by atoms with van der Waals surface area (Å²) in [6.45, 7) is -0.329. The maximum Gasteiger partial charge on any atom is 0.293 e. The van der Waals surface area contributed by atoms with Gasteiger partial charge in [0.25, 0.3) is 11.1 Å². The highest BCUT2D eigenvalue weighted by molar-refractivity contribution is 8.18. The molecule has 0 N–H and O–H groups in total. The van der Waals surface area contributed by atoms with E-state index < -0.39 is 11.1 Å². The second-order valence-corrected chi connectivity index (χ2v) is 7.62. The molecule has 1 aromatic carbocycles. The molecule has 122 valence electrons. The van der Waals surface area contributed by atoms with Crippen LogP contribution in [0.3, 0.4) is 0 Å². The lowest BCUT2D eigenvalue weighted by molar-refractivity contribution is -0.122. The van der Waals surface area contributed by atoms with Crippen molar-refractivity contribution < 1.29 is 14.4 Å². The minimum Gasteiger partial charge on any atom is -0.292 e. The number of carbonyl (C=O) groups excluding carboxylic acids is 3. The number of benzene rings is 1. The average molecular weight is 398 g/mol. The summed E-state index contributed by atoms with van der Waals surface area (Å²) < 4.78 is 0. The third kappa shape index (κ3) is 3.57. The third-order valence-electron chi connectivity index (χ3n) is 3.23. The monoisotopic (exact) mass is 397 g/mol. The number of hydrogen-bond acceptors (Lipinski definition) is 5. The lowest BCUT2D eigenvalue weighted by Gasteiger charge is -2.11. The van der Waals surface area contributed by atoms with E-state index in [4.69, 9.17) is 23.2 Å². The van der Waals surface area contributed by atoms with Crippen molar-refractivity contribution in [1.29, 1.82) is 0 Å². The van der Waals surface area contributed by atoms with Gasteiger partial charge in [0.1, 0.15) is 0 Å². The molecular formula is C16H9Cl2NO3S2. The highest BCUT2D eigenvalue weighted by atomic mass is 35.5. The molecule has 1 aromatic heterocycles. The predicted molar refractivity (Wildman–Crippen MR) is 97.8 cm³/mol. The molecule has 0 saturated carbocycles. The maximum absolute atomic E-state index is 12.4. The lowest BCUT2D eigenvalue weighted by atomic mass is 10.1. The Bertz CT molecular complexity index is 862. The van der Waals surface area contributed by atoms with E-state index in [9.17, 15) is 14.4 Å². The second kappa shape index (κ2) is 7.11. The van der Waals surface area contributed by atoms with E-state index in [0.717, 1.165) is 21.5 Å². The molecule has 2 aromatic rings. The van der Waals surface area contributed by atoms with E-state index in [2.05, 4.69) is 0 Å². The van der Waals surface area contributed by atoms with Crippen molar-refractivity contribution in [3.63, 3.8) is 0 Å². The zero-order valence-electron chi connectivity index (χ0n) is 12.0. The fourth-order valence-corrected chi connectivity index (χ4v) is 3.90. The molecule has 0 aliphatic carbocycles. The molecule has 4 nitrogen and oxygen atoms in total. The molecule has 0 spiro atoms. The van der Waals surface area contributed by atoms with Gasteiger partial charge in [-0.25, -0.2) is 0 Å². The summed E-state index contributed by atoms with van der Waals surface area (Å²) in [5.41, 5.74) is 0.297. The van der Waals surface area contributed by atoms with Crippen LogP contribution in [0.25, 0.3) is 6.08 Å². The first-order valence-corrected chi connectivity index (χ1v) is 9.18. The molecule has 24 heavy (non-hydrogen) atoms. The van der Waals surface area contributed by atoms with Gasteiger partial charge in [-0.2, -0.15) is 0 Å².